The van der Waals surface area contributed by atoms with Gasteiger partial charge in [0.2, 0.25) is 0 Å². The fourth-order valence-electron chi connectivity index (χ4n) is 4.17. The van der Waals surface area contributed by atoms with Gasteiger partial charge in [0, 0.05) is 0 Å². The van der Waals surface area contributed by atoms with Crippen molar-refractivity contribution in [3.8, 4) is 0 Å². The van der Waals surface area contributed by atoms with Crippen LogP contribution in [0.1, 0.15) is 48.5 Å². The Morgan fingerprint density at radius 3 is 1.73 bits per heavy atom. The molecular formula is C20H34Si2. The Morgan fingerprint density at radius 1 is 0.818 bits per heavy atom. The van der Waals surface area contributed by atoms with E-state index in [2.05, 4.69) is 91.5 Å². The van der Waals surface area contributed by atoms with Gasteiger partial charge >= 0.3 is 0 Å². The molecule has 2 unspecified atom stereocenters. The van der Waals surface area contributed by atoms with E-state index in [1.807, 2.05) is 0 Å². The minimum Gasteiger partial charge on any atom is -0.0936 e. The van der Waals surface area contributed by atoms with Crippen LogP contribution in [0.2, 0.25) is 24.2 Å². The summed E-state index contributed by atoms with van der Waals surface area (Å²) in [5.74, 6) is 0. The normalized spacial score (nSPS) is 28.8. The first-order valence-electron chi connectivity index (χ1n) is 8.79. The number of allylic oxidation sites excluding steroid dienone is 1. The Labute approximate surface area is 140 Å². The third-order valence-corrected chi connectivity index (χ3v) is 17.5. The van der Waals surface area contributed by atoms with Gasteiger partial charge in [0.25, 0.3) is 0 Å². The zero-order chi connectivity index (χ0) is 16.9. The average Bonchev–Trinajstić information content (AvgIpc) is 2.41. The minimum atomic E-state index is -1.64. The van der Waals surface area contributed by atoms with Gasteiger partial charge in [-0.05, 0) is 16.5 Å². The Bertz CT molecular complexity index is 592. The van der Waals surface area contributed by atoms with E-state index in [4.69, 9.17) is 0 Å². The van der Waals surface area contributed by atoms with Crippen LogP contribution >= 0.6 is 0 Å². The second-order valence-electron chi connectivity index (χ2n) is 9.15. The van der Waals surface area contributed by atoms with Crippen LogP contribution < -0.4 is 10.4 Å². The Kier molecular flexibility index (Phi) is 4.42. The SMILES string of the molecule is CC(C)[Si]1(C)C=C(C(C)(C)C)[Si](C)(C(C)C)c2ccccc21. The summed E-state index contributed by atoms with van der Waals surface area (Å²) in [5, 5.41) is 5.26. The van der Waals surface area contributed by atoms with Crippen molar-refractivity contribution >= 4 is 26.5 Å². The van der Waals surface area contributed by atoms with Gasteiger partial charge in [-0.2, -0.15) is 0 Å². The number of benzene rings is 1. The monoisotopic (exact) mass is 330 g/mol. The van der Waals surface area contributed by atoms with Crippen molar-refractivity contribution in [3.63, 3.8) is 0 Å². The van der Waals surface area contributed by atoms with Gasteiger partial charge in [0.05, 0.1) is 0 Å². The summed E-state index contributed by atoms with van der Waals surface area (Å²) in [5.41, 5.74) is 4.58. The van der Waals surface area contributed by atoms with E-state index in [0.29, 0.717) is 0 Å². The lowest BCUT2D eigenvalue weighted by Gasteiger charge is -2.50. The molecule has 0 spiro atoms. The number of rotatable bonds is 2. The summed E-state index contributed by atoms with van der Waals surface area (Å²) in [6.45, 7) is 22.2. The van der Waals surface area contributed by atoms with Crippen molar-refractivity contribution in [1.29, 1.82) is 0 Å². The summed E-state index contributed by atoms with van der Waals surface area (Å²) in [6.07, 6.45) is 0. The molecule has 0 radical (unpaired) electrons. The second kappa shape index (κ2) is 5.49. The van der Waals surface area contributed by atoms with Crippen LogP contribution in [-0.4, -0.2) is 16.1 Å². The van der Waals surface area contributed by atoms with Crippen molar-refractivity contribution in [3.05, 3.63) is 35.2 Å². The third kappa shape index (κ3) is 2.48. The summed E-state index contributed by atoms with van der Waals surface area (Å²) in [6, 6.07) is 9.45. The van der Waals surface area contributed by atoms with Crippen molar-refractivity contribution in [2.75, 3.05) is 0 Å². The Balaban J connectivity index is 2.87. The van der Waals surface area contributed by atoms with E-state index in [1.54, 1.807) is 15.6 Å². The van der Waals surface area contributed by atoms with Crippen molar-refractivity contribution in [1.82, 2.24) is 0 Å². The summed E-state index contributed by atoms with van der Waals surface area (Å²) in [7, 11) is -3.21. The molecular weight excluding hydrogens is 296 g/mol. The van der Waals surface area contributed by atoms with Crippen molar-refractivity contribution in [2.45, 2.75) is 72.6 Å². The quantitative estimate of drug-likeness (QED) is 0.658. The van der Waals surface area contributed by atoms with Gasteiger partial charge in [-0.3, -0.25) is 0 Å². The average molecular weight is 331 g/mol. The Morgan fingerprint density at radius 2 is 1.32 bits per heavy atom. The highest BCUT2D eigenvalue weighted by Gasteiger charge is 2.50. The fourth-order valence-corrected chi connectivity index (χ4v) is 15.3. The molecule has 0 bridgehead atoms. The van der Waals surface area contributed by atoms with Crippen molar-refractivity contribution < 1.29 is 0 Å². The largest absolute Gasteiger partial charge is 0.112 e. The molecule has 0 N–H and O–H groups in total. The molecule has 1 aromatic carbocycles. The van der Waals surface area contributed by atoms with Crippen LogP contribution in [0.25, 0.3) is 0 Å². The highest BCUT2D eigenvalue weighted by atomic mass is 28.3. The maximum atomic E-state index is 2.81. The van der Waals surface area contributed by atoms with E-state index in [-0.39, 0.29) is 5.41 Å². The molecule has 0 fully saturated rings. The van der Waals surface area contributed by atoms with Crippen LogP contribution in [0, 0.1) is 5.41 Å². The fraction of sp³-hybridized carbons (Fsp3) is 0.600. The molecule has 122 valence electrons. The van der Waals surface area contributed by atoms with Gasteiger partial charge in [-0.25, -0.2) is 0 Å². The summed E-state index contributed by atoms with van der Waals surface area (Å²) < 4.78 is 0. The lowest BCUT2D eigenvalue weighted by molar-refractivity contribution is 0.524. The molecule has 2 heteroatoms. The topological polar surface area (TPSA) is 0 Å². The molecule has 0 aliphatic carbocycles. The molecule has 0 amide bonds. The molecule has 1 aromatic rings. The smallest absolute Gasteiger partial charge is 0.0936 e. The van der Waals surface area contributed by atoms with Crippen LogP contribution in [0.3, 0.4) is 0 Å². The molecule has 0 saturated heterocycles. The maximum Gasteiger partial charge on any atom is 0.112 e. The predicted molar refractivity (Wildman–Crippen MR) is 107 cm³/mol. The molecule has 2 rings (SSSR count). The molecule has 2 atom stereocenters. The van der Waals surface area contributed by atoms with E-state index in [9.17, 15) is 0 Å². The van der Waals surface area contributed by atoms with Gasteiger partial charge in [0.1, 0.15) is 16.1 Å². The van der Waals surface area contributed by atoms with Crippen molar-refractivity contribution in [2.24, 2.45) is 5.41 Å². The molecule has 22 heavy (non-hydrogen) atoms. The van der Waals surface area contributed by atoms with Crippen LogP contribution in [-0.2, 0) is 0 Å². The lowest BCUT2D eigenvalue weighted by Crippen LogP contribution is -2.68. The van der Waals surface area contributed by atoms with Crippen LogP contribution in [0.15, 0.2) is 35.2 Å². The van der Waals surface area contributed by atoms with E-state index in [0.717, 1.165) is 11.1 Å². The molecule has 1 aliphatic rings. The zero-order valence-electron chi connectivity index (χ0n) is 16.0. The predicted octanol–water partition coefficient (Wildman–Crippen LogP) is 5.14. The minimum absolute atomic E-state index is 0.280. The standard InChI is InChI=1S/C20H34Si2/c1-15(2)21(8)14-19(20(5,6)7)22(9,16(3)4)18-13-11-10-12-17(18)21/h10-16H,1-9H3. The highest BCUT2D eigenvalue weighted by Crippen LogP contribution is 2.43. The molecule has 1 heterocycles. The summed E-state index contributed by atoms with van der Waals surface area (Å²) in [4.78, 5) is 0. The first kappa shape index (κ1) is 17.7. The van der Waals surface area contributed by atoms with E-state index >= 15 is 0 Å². The lowest BCUT2D eigenvalue weighted by atomic mass is 9.97. The maximum absolute atomic E-state index is 2.81. The van der Waals surface area contributed by atoms with E-state index in [1.165, 1.54) is 0 Å². The van der Waals surface area contributed by atoms with Crippen LogP contribution in [0.5, 0.6) is 0 Å². The number of hydrogen-bond acceptors (Lipinski definition) is 0. The first-order valence-corrected chi connectivity index (χ1v) is 14.0. The highest BCUT2D eigenvalue weighted by molar-refractivity contribution is 7.10. The van der Waals surface area contributed by atoms with Gasteiger partial charge in [-0.15, -0.1) is 0 Å². The van der Waals surface area contributed by atoms with E-state index < -0.39 is 16.1 Å². The summed E-state index contributed by atoms with van der Waals surface area (Å²) >= 11 is 0. The molecule has 0 nitrogen and oxygen atoms in total. The first-order chi connectivity index (χ1) is 9.95. The third-order valence-electron chi connectivity index (χ3n) is 6.23. The second-order valence-corrected chi connectivity index (χ2v) is 18.3. The Hall–Kier alpha value is -0.606. The van der Waals surface area contributed by atoms with Gasteiger partial charge < -0.3 is 0 Å². The number of fused-ring (bicyclic) bond motifs is 1. The van der Waals surface area contributed by atoms with Crippen LogP contribution in [0.4, 0.5) is 0 Å². The zero-order valence-corrected chi connectivity index (χ0v) is 18.0. The molecule has 0 aromatic heterocycles. The van der Waals surface area contributed by atoms with Gasteiger partial charge in [0.15, 0.2) is 0 Å². The number of hydrogen-bond donors (Lipinski definition) is 0. The molecule has 0 saturated carbocycles. The van der Waals surface area contributed by atoms with Gasteiger partial charge in [-0.1, -0.05) is 107 Å². The molecule has 1 aliphatic heterocycles.